The molecule has 1 aliphatic heterocycles. The largest absolute Gasteiger partial charge is 0.326 e. The van der Waals surface area contributed by atoms with Gasteiger partial charge in [0.1, 0.15) is 0 Å². The summed E-state index contributed by atoms with van der Waals surface area (Å²) in [5, 5.41) is 0. The second kappa shape index (κ2) is 5.58. The van der Waals surface area contributed by atoms with E-state index in [4.69, 9.17) is 9.47 Å². The minimum Gasteiger partial charge on any atom is -0.319 e. The molecule has 0 bridgehead atoms. The summed E-state index contributed by atoms with van der Waals surface area (Å²) in [6, 6.07) is 9.82. The van der Waals surface area contributed by atoms with E-state index in [2.05, 4.69) is 9.97 Å². The molecule has 0 aliphatic carbocycles. The average molecular weight is 325 g/mol. The fourth-order valence-electron chi connectivity index (χ4n) is 3.15. The molecule has 124 valence electrons. The number of pyridine rings is 1. The summed E-state index contributed by atoms with van der Waals surface area (Å²) < 4.78 is 13.0. The molecule has 4 rings (SSSR count). The van der Waals surface area contributed by atoms with E-state index in [1.54, 1.807) is 10.8 Å². The van der Waals surface area contributed by atoms with Crippen LogP contribution >= 0.6 is 0 Å². The van der Waals surface area contributed by atoms with E-state index in [-0.39, 0.29) is 18.0 Å². The molecule has 3 heterocycles. The van der Waals surface area contributed by atoms with Crippen molar-refractivity contribution in [3.05, 3.63) is 52.6 Å². The van der Waals surface area contributed by atoms with Crippen molar-refractivity contribution < 1.29 is 9.47 Å². The number of hydrogen-bond donors (Lipinski definition) is 1. The van der Waals surface area contributed by atoms with Gasteiger partial charge in [0, 0.05) is 17.8 Å². The number of fused-ring (bicyclic) bond motifs is 1. The molecule has 6 heteroatoms. The highest BCUT2D eigenvalue weighted by Crippen LogP contribution is 2.37. The molecular weight excluding hydrogens is 306 g/mol. The van der Waals surface area contributed by atoms with Gasteiger partial charge in [-0.1, -0.05) is 30.3 Å². The number of aromatic nitrogens is 3. The first-order valence-corrected chi connectivity index (χ1v) is 8.05. The molecule has 1 fully saturated rings. The second-order valence-corrected chi connectivity index (χ2v) is 6.22. The molecule has 2 aromatic heterocycles. The van der Waals surface area contributed by atoms with Gasteiger partial charge >= 0.3 is 5.69 Å². The van der Waals surface area contributed by atoms with Gasteiger partial charge in [-0.25, -0.2) is 4.79 Å². The summed E-state index contributed by atoms with van der Waals surface area (Å²) >= 11 is 0. The standard InChI is InChI=1S/C18H19N3O3/c1-10(2)21-16-13(17-23-11(3)24-17)9-19-14(15(16)20-18(21)22)12-7-5-4-6-8-12/h4-11,17H,1-3H3,(H,20,22). The second-order valence-electron chi connectivity index (χ2n) is 6.22. The molecule has 1 N–H and O–H groups in total. The quantitative estimate of drug-likeness (QED) is 0.801. The SMILES string of the molecule is CC1OC(c2cnc(-c3ccccc3)c3[nH]c(=O)n(C(C)C)c23)O1. The molecule has 24 heavy (non-hydrogen) atoms. The number of nitrogens with zero attached hydrogens (tertiary/aromatic N) is 2. The van der Waals surface area contributed by atoms with Gasteiger partial charge in [-0.15, -0.1) is 0 Å². The Morgan fingerprint density at radius 1 is 1.21 bits per heavy atom. The van der Waals surface area contributed by atoms with Crippen molar-refractivity contribution in [2.75, 3.05) is 0 Å². The highest BCUT2D eigenvalue weighted by molar-refractivity contribution is 5.91. The van der Waals surface area contributed by atoms with Crippen molar-refractivity contribution in [3.8, 4) is 11.3 Å². The first-order chi connectivity index (χ1) is 11.6. The fourth-order valence-corrected chi connectivity index (χ4v) is 3.15. The molecule has 0 saturated carbocycles. The van der Waals surface area contributed by atoms with Crippen LogP contribution in [0, 0.1) is 0 Å². The summed E-state index contributed by atoms with van der Waals surface area (Å²) in [6.07, 6.45) is 1.02. The number of rotatable bonds is 3. The lowest BCUT2D eigenvalue weighted by Gasteiger charge is -2.34. The van der Waals surface area contributed by atoms with Crippen LogP contribution in [0.25, 0.3) is 22.3 Å². The minimum absolute atomic E-state index is 0.00789. The van der Waals surface area contributed by atoms with Gasteiger partial charge in [-0.05, 0) is 20.8 Å². The lowest BCUT2D eigenvalue weighted by atomic mass is 10.1. The number of imidazole rings is 1. The Morgan fingerprint density at radius 3 is 2.54 bits per heavy atom. The van der Waals surface area contributed by atoms with Crippen molar-refractivity contribution in [1.82, 2.24) is 14.5 Å². The van der Waals surface area contributed by atoms with Gasteiger partial charge in [0.25, 0.3) is 0 Å². The van der Waals surface area contributed by atoms with E-state index in [1.165, 1.54) is 0 Å². The van der Waals surface area contributed by atoms with Gasteiger partial charge < -0.3 is 14.5 Å². The van der Waals surface area contributed by atoms with Gasteiger partial charge in [0.2, 0.25) is 0 Å². The summed E-state index contributed by atoms with van der Waals surface area (Å²) in [5.74, 6) is 0. The number of H-pyrrole nitrogens is 1. The molecule has 0 radical (unpaired) electrons. The maximum absolute atomic E-state index is 12.5. The van der Waals surface area contributed by atoms with E-state index in [1.807, 2.05) is 51.1 Å². The Morgan fingerprint density at radius 2 is 1.92 bits per heavy atom. The van der Waals surface area contributed by atoms with Crippen molar-refractivity contribution in [2.45, 2.75) is 39.4 Å². The summed E-state index contributed by atoms with van der Waals surface area (Å²) in [4.78, 5) is 20.0. The highest BCUT2D eigenvalue weighted by atomic mass is 16.9. The predicted octanol–water partition coefficient (Wildman–Crippen LogP) is 3.36. The molecule has 1 aliphatic rings. The Kier molecular flexibility index (Phi) is 3.51. The molecule has 1 saturated heterocycles. The molecular formula is C18H19N3O3. The van der Waals surface area contributed by atoms with Crippen molar-refractivity contribution >= 4 is 11.0 Å². The molecule has 6 nitrogen and oxygen atoms in total. The van der Waals surface area contributed by atoms with Crippen LogP contribution < -0.4 is 5.69 Å². The lowest BCUT2D eigenvalue weighted by molar-refractivity contribution is -0.382. The van der Waals surface area contributed by atoms with Gasteiger partial charge in [-0.2, -0.15) is 0 Å². The van der Waals surface area contributed by atoms with Gasteiger partial charge in [0.05, 0.1) is 22.3 Å². The Balaban J connectivity index is 2.00. The topological polar surface area (TPSA) is 69.1 Å². The van der Waals surface area contributed by atoms with Crippen molar-refractivity contribution in [2.24, 2.45) is 0 Å². The zero-order valence-electron chi connectivity index (χ0n) is 13.8. The Labute approximate surface area is 139 Å². The molecule has 3 aromatic rings. The summed E-state index contributed by atoms with van der Waals surface area (Å²) in [7, 11) is 0. The molecule has 0 atom stereocenters. The molecule has 1 aromatic carbocycles. The van der Waals surface area contributed by atoms with E-state index in [9.17, 15) is 4.79 Å². The van der Waals surface area contributed by atoms with Crippen molar-refractivity contribution in [3.63, 3.8) is 0 Å². The van der Waals surface area contributed by atoms with Crippen molar-refractivity contribution in [1.29, 1.82) is 0 Å². The number of nitrogens with one attached hydrogen (secondary N) is 1. The van der Waals surface area contributed by atoms with Crippen LogP contribution in [0.4, 0.5) is 0 Å². The van der Waals surface area contributed by atoms with Crippen LogP contribution in [0.15, 0.2) is 41.3 Å². The number of ether oxygens (including phenoxy) is 2. The van der Waals surface area contributed by atoms with Crippen LogP contribution in [0.3, 0.4) is 0 Å². The van der Waals surface area contributed by atoms with E-state index >= 15 is 0 Å². The van der Waals surface area contributed by atoms with E-state index < -0.39 is 6.29 Å². The molecule has 0 spiro atoms. The minimum atomic E-state index is -0.486. The zero-order chi connectivity index (χ0) is 16.8. The third-order valence-corrected chi connectivity index (χ3v) is 4.22. The summed E-state index contributed by atoms with van der Waals surface area (Å²) in [5.41, 5.74) is 3.83. The Hall–Kier alpha value is -2.44. The van der Waals surface area contributed by atoms with Gasteiger partial charge in [0.15, 0.2) is 12.6 Å². The third-order valence-electron chi connectivity index (χ3n) is 4.22. The molecule has 0 unspecified atom stereocenters. The van der Waals surface area contributed by atoms with E-state index in [0.717, 1.165) is 22.3 Å². The maximum atomic E-state index is 12.5. The first kappa shape index (κ1) is 15.1. The predicted molar refractivity (Wildman–Crippen MR) is 90.5 cm³/mol. The monoisotopic (exact) mass is 325 g/mol. The van der Waals surface area contributed by atoms with Crippen LogP contribution in [0.2, 0.25) is 0 Å². The smallest absolute Gasteiger partial charge is 0.319 e. The van der Waals surface area contributed by atoms with Gasteiger partial charge in [-0.3, -0.25) is 9.55 Å². The first-order valence-electron chi connectivity index (χ1n) is 8.05. The Bertz CT molecular complexity index is 937. The van der Waals surface area contributed by atoms with Crippen LogP contribution in [-0.2, 0) is 9.47 Å². The maximum Gasteiger partial charge on any atom is 0.326 e. The normalized spacial score (nSPS) is 20.5. The van der Waals surface area contributed by atoms with Crippen LogP contribution in [0.1, 0.15) is 38.7 Å². The third kappa shape index (κ3) is 2.26. The number of hydrogen-bond acceptors (Lipinski definition) is 4. The zero-order valence-corrected chi connectivity index (χ0v) is 13.8. The summed E-state index contributed by atoms with van der Waals surface area (Å²) in [6.45, 7) is 5.80. The van der Waals surface area contributed by atoms with Crippen LogP contribution in [-0.4, -0.2) is 20.8 Å². The van der Waals surface area contributed by atoms with E-state index in [0.29, 0.717) is 5.52 Å². The fraction of sp³-hybridized carbons (Fsp3) is 0.333. The molecule has 0 amide bonds. The number of benzene rings is 1. The average Bonchev–Trinajstić information content (AvgIpc) is 2.89. The van der Waals surface area contributed by atoms with Crippen LogP contribution in [0.5, 0.6) is 0 Å². The lowest BCUT2D eigenvalue weighted by Crippen LogP contribution is -2.32. The highest BCUT2D eigenvalue weighted by Gasteiger charge is 2.32. The number of aromatic amines is 1.